The molecule has 1 aromatic carbocycles. The third-order valence-electron chi connectivity index (χ3n) is 3.16. The molecular formula is C16H14ClN3S. The van der Waals surface area contributed by atoms with Gasteiger partial charge in [0.05, 0.1) is 17.9 Å². The van der Waals surface area contributed by atoms with Gasteiger partial charge < -0.3 is 5.32 Å². The minimum absolute atomic E-state index is 0.671. The Bertz CT molecular complexity index is 740. The van der Waals surface area contributed by atoms with Crippen LogP contribution in [0.15, 0.2) is 48.0 Å². The third kappa shape index (κ3) is 3.23. The molecule has 0 fully saturated rings. The van der Waals surface area contributed by atoms with Crippen molar-refractivity contribution in [2.45, 2.75) is 13.5 Å². The van der Waals surface area contributed by atoms with E-state index in [1.165, 1.54) is 0 Å². The minimum atomic E-state index is 0.671. The second kappa shape index (κ2) is 6.24. The molecule has 0 saturated heterocycles. The van der Waals surface area contributed by atoms with E-state index in [9.17, 15) is 0 Å². The molecule has 0 amide bonds. The summed E-state index contributed by atoms with van der Waals surface area (Å²) in [6.07, 6.45) is 1.78. The smallest absolute Gasteiger partial charge is 0.142 e. The lowest BCUT2D eigenvalue weighted by Crippen LogP contribution is -2.01. The number of pyridine rings is 1. The van der Waals surface area contributed by atoms with Gasteiger partial charge in [-0.05, 0) is 36.8 Å². The lowest BCUT2D eigenvalue weighted by molar-refractivity contribution is 1.07. The summed E-state index contributed by atoms with van der Waals surface area (Å²) < 4.78 is 0. The van der Waals surface area contributed by atoms with Gasteiger partial charge in [-0.3, -0.25) is 4.98 Å². The van der Waals surface area contributed by atoms with Gasteiger partial charge in [0, 0.05) is 22.3 Å². The number of thiazole rings is 1. The zero-order valence-corrected chi connectivity index (χ0v) is 13.1. The van der Waals surface area contributed by atoms with Gasteiger partial charge in [0.1, 0.15) is 5.01 Å². The molecule has 3 rings (SSSR count). The summed E-state index contributed by atoms with van der Waals surface area (Å²) in [5.74, 6) is 0. The Morgan fingerprint density at radius 2 is 2.10 bits per heavy atom. The number of hydrogen-bond donors (Lipinski definition) is 1. The largest absolute Gasteiger partial charge is 0.379 e. The lowest BCUT2D eigenvalue weighted by atomic mass is 10.2. The van der Waals surface area contributed by atoms with Crippen molar-refractivity contribution in [3.63, 3.8) is 0 Å². The molecule has 0 saturated carbocycles. The highest BCUT2D eigenvalue weighted by Crippen LogP contribution is 2.25. The first kappa shape index (κ1) is 14.0. The summed E-state index contributed by atoms with van der Waals surface area (Å²) in [6.45, 7) is 2.68. The highest BCUT2D eigenvalue weighted by Gasteiger charge is 2.06. The number of aromatic nitrogens is 2. The van der Waals surface area contributed by atoms with Gasteiger partial charge in [-0.1, -0.05) is 23.7 Å². The second-order valence-electron chi connectivity index (χ2n) is 4.62. The predicted octanol–water partition coefficient (Wildman–Crippen LogP) is 4.78. The molecule has 0 aliphatic heterocycles. The summed E-state index contributed by atoms with van der Waals surface area (Å²) in [7, 11) is 0. The number of anilines is 1. The Labute approximate surface area is 132 Å². The molecule has 0 radical (unpaired) electrons. The molecule has 0 bridgehead atoms. The molecule has 3 aromatic rings. The van der Waals surface area contributed by atoms with Gasteiger partial charge in [-0.25, -0.2) is 4.98 Å². The Kier molecular flexibility index (Phi) is 4.18. The van der Waals surface area contributed by atoms with Crippen molar-refractivity contribution in [1.82, 2.24) is 9.97 Å². The van der Waals surface area contributed by atoms with Crippen LogP contribution in [0.3, 0.4) is 0 Å². The number of nitrogens with zero attached hydrogens (tertiary/aromatic N) is 2. The first-order valence-corrected chi connectivity index (χ1v) is 7.84. The van der Waals surface area contributed by atoms with Crippen molar-refractivity contribution in [3.05, 3.63) is 64.3 Å². The first-order valence-electron chi connectivity index (χ1n) is 6.59. The maximum Gasteiger partial charge on any atom is 0.142 e. The number of hydrogen-bond acceptors (Lipinski definition) is 4. The van der Waals surface area contributed by atoms with E-state index in [4.69, 9.17) is 11.6 Å². The summed E-state index contributed by atoms with van der Waals surface area (Å²) >= 11 is 7.72. The zero-order chi connectivity index (χ0) is 14.7. The van der Waals surface area contributed by atoms with E-state index in [0.717, 1.165) is 32.7 Å². The van der Waals surface area contributed by atoms with E-state index in [2.05, 4.69) is 20.7 Å². The van der Waals surface area contributed by atoms with Crippen LogP contribution in [0.1, 0.15) is 11.3 Å². The Morgan fingerprint density at radius 1 is 1.19 bits per heavy atom. The highest BCUT2D eigenvalue weighted by atomic mass is 35.5. The average molecular weight is 316 g/mol. The van der Waals surface area contributed by atoms with E-state index in [0.29, 0.717) is 6.54 Å². The predicted molar refractivity (Wildman–Crippen MR) is 88.9 cm³/mol. The normalized spacial score (nSPS) is 10.6. The van der Waals surface area contributed by atoms with Crippen LogP contribution < -0.4 is 5.32 Å². The second-order valence-corrected chi connectivity index (χ2v) is 5.89. The molecule has 5 heteroatoms. The topological polar surface area (TPSA) is 37.8 Å². The van der Waals surface area contributed by atoms with Crippen molar-refractivity contribution < 1.29 is 0 Å². The molecule has 21 heavy (non-hydrogen) atoms. The van der Waals surface area contributed by atoms with Gasteiger partial charge in [-0.2, -0.15) is 0 Å². The standard InChI is InChI=1S/C16H14ClN3S/c1-11-13(17)5-4-7-14(11)19-9-12-10-21-16(20-12)15-6-2-3-8-18-15/h2-8,10,19H,9H2,1H3. The molecule has 0 unspecified atom stereocenters. The zero-order valence-electron chi connectivity index (χ0n) is 11.5. The van der Waals surface area contributed by atoms with E-state index < -0.39 is 0 Å². The number of nitrogens with one attached hydrogen (secondary N) is 1. The van der Waals surface area contributed by atoms with E-state index in [-0.39, 0.29) is 0 Å². The van der Waals surface area contributed by atoms with Gasteiger partial charge >= 0.3 is 0 Å². The van der Waals surface area contributed by atoms with Crippen LogP contribution in [0.5, 0.6) is 0 Å². The molecule has 0 aliphatic carbocycles. The Morgan fingerprint density at radius 3 is 2.90 bits per heavy atom. The van der Waals surface area contributed by atoms with Crippen molar-refractivity contribution in [2.75, 3.05) is 5.32 Å². The van der Waals surface area contributed by atoms with Crippen molar-refractivity contribution in [3.8, 4) is 10.7 Å². The van der Waals surface area contributed by atoms with Crippen LogP contribution in [0.4, 0.5) is 5.69 Å². The summed E-state index contributed by atoms with van der Waals surface area (Å²) in [4.78, 5) is 8.92. The van der Waals surface area contributed by atoms with E-state index >= 15 is 0 Å². The first-order chi connectivity index (χ1) is 10.2. The van der Waals surface area contributed by atoms with Crippen LogP contribution in [0.25, 0.3) is 10.7 Å². The molecular weight excluding hydrogens is 302 g/mol. The number of rotatable bonds is 4. The van der Waals surface area contributed by atoms with Crippen LogP contribution >= 0.6 is 22.9 Å². The fourth-order valence-corrected chi connectivity index (χ4v) is 2.95. The van der Waals surface area contributed by atoms with Crippen molar-refractivity contribution in [2.24, 2.45) is 0 Å². The summed E-state index contributed by atoms with van der Waals surface area (Å²) in [5.41, 5.74) is 4.00. The summed E-state index contributed by atoms with van der Waals surface area (Å²) in [6, 6.07) is 11.7. The van der Waals surface area contributed by atoms with E-state index in [1.54, 1.807) is 17.5 Å². The maximum atomic E-state index is 6.12. The molecule has 2 aromatic heterocycles. The van der Waals surface area contributed by atoms with Crippen LogP contribution in [-0.2, 0) is 6.54 Å². The Hall–Kier alpha value is -1.91. The van der Waals surface area contributed by atoms with Crippen LogP contribution in [-0.4, -0.2) is 9.97 Å². The molecule has 0 spiro atoms. The Balaban J connectivity index is 1.72. The fraction of sp³-hybridized carbons (Fsp3) is 0.125. The van der Waals surface area contributed by atoms with Gasteiger partial charge in [-0.15, -0.1) is 11.3 Å². The van der Waals surface area contributed by atoms with Crippen LogP contribution in [0.2, 0.25) is 5.02 Å². The molecule has 0 aliphatic rings. The molecule has 3 nitrogen and oxygen atoms in total. The molecule has 2 heterocycles. The van der Waals surface area contributed by atoms with Crippen molar-refractivity contribution >= 4 is 28.6 Å². The van der Waals surface area contributed by atoms with Crippen molar-refractivity contribution in [1.29, 1.82) is 0 Å². The number of benzene rings is 1. The monoisotopic (exact) mass is 315 g/mol. The van der Waals surface area contributed by atoms with Gasteiger partial charge in [0.15, 0.2) is 0 Å². The molecule has 0 atom stereocenters. The van der Waals surface area contributed by atoms with Crippen LogP contribution in [0, 0.1) is 6.92 Å². The third-order valence-corrected chi connectivity index (χ3v) is 4.49. The minimum Gasteiger partial charge on any atom is -0.379 e. The molecule has 1 N–H and O–H groups in total. The maximum absolute atomic E-state index is 6.12. The summed E-state index contributed by atoms with van der Waals surface area (Å²) in [5, 5.41) is 7.14. The molecule has 106 valence electrons. The van der Waals surface area contributed by atoms with Gasteiger partial charge in [0.25, 0.3) is 0 Å². The fourth-order valence-electron chi connectivity index (χ4n) is 1.98. The highest BCUT2D eigenvalue weighted by molar-refractivity contribution is 7.13. The van der Waals surface area contributed by atoms with E-state index in [1.807, 2.05) is 43.3 Å². The SMILES string of the molecule is Cc1c(Cl)cccc1NCc1csc(-c2ccccn2)n1. The quantitative estimate of drug-likeness (QED) is 0.753. The number of halogens is 1. The average Bonchev–Trinajstić information content (AvgIpc) is 2.99. The van der Waals surface area contributed by atoms with Gasteiger partial charge in [0.2, 0.25) is 0 Å². The lowest BCUT2D eigenvalue weighted by Gasteiger charge is -2.09.